The third-order valence-electron chi connectivity index (χ3n) is 4.32. The lowest BCUT2D eigenvalue weighted by Crippen LogP contribution is -2.24. The molecule has 1 aliphatic rings. The SMILES string of the molecule is CC1(C)CC(=O)C=C(C(c2ccccc2)c2ccccc2)C1. The largest absolute Gasteiger partial charge is 0.295 e. The van der Waals surface area contributed by atoms with Crippen LogP contribution >= 0.6 is 0 Å². The fraction of sp³-hybridized carbons (Fsp3) is 0.286. The maximum atomic E-state index is 12.2. The summed E-state index contributed by atoms with van der Waals surface area (Å²) in [4.78, 5) is 12.2. The molecule has 0 radical (unpaired) electrons. The standard InChI is InChI=1S/C21H22O/c1-21(2)14-18(13-19(22)15-21)20(16-9-5-3-6-10-16)17-11-7-4-8-12-17/h3-13,20H,14-15H2,1-2H3. The molecule has 22 heavy (non-hydrogen) atoms. The van der Waals surface area contributed by atoms with Crippen LogP contribution in [0.15, 0.2) is 72.3 Å². The summed E-state index contributed by atoms with van der Waals surface area (Å²) >= 11 is 0. The van der Waals surface area contributed by atoms with Gasteiger partial charge in [-0.1, -0.05) is 80.1 Å². The maximum absolute atomic E-state index is 12.2. The van der Waals surface area contributed by atoms with E-state index in [4.69, 9.17) is 0 Å². The van der Waals surface area contributed by atoms with Crippen LogP contribution in [0.2, 0.25) is 0 Å². The molecule has 2 aromatic carbocycles. The van der Waals surface area contributed by atoms with Crippen LogP contribution < -0.4 is 0 Å². The van der Waals surface area contributed by atoms with Crippen LogP contribution in [0.1, 0.15) is 43.7 Å². The first-order chi connectivity index (χ1) is 10.6. The Morgan fingerprint density at radius 1 is 0.818 bits per heavy atom. The number of carbonyl (C=O) groups is 1. The maximum Gasteiger partial charge on any atom is 0.156 e. The monoisotopic (exact) mass is 290 g/mol. The Morgan fingerprint density at radius 2 is 1.32 bits per heavy atom. The second-order valence-corrected chi connectivity index (χ2v) is 6.96. The lowest BCUT2D eigenvalue weighted by atomic mass is 9.71. The highest BCUT2D eigenvalue weighted by Gasteiger charge is 2.31. The van der Waals surface area contributed by atoms with Crippen molar-refractivity contribution in [2.45, 2.75) is 32.6 Å². The summed E-state index contributed by atoms with van der Waals surface area (Å²) < 4.78 is 0. The summed E-state index contributed by atoms with van der Waals surface area (Å²) in [6, 6.07) is 21.0. The van der Waals surface area contributed by atoms with Gasteiger partial charge in [0.2, 0.25) is 0 Å². The summed E-state index contributed by atoms with van der Waals surface area (Å²) in [7, 11) is 0. The molecule has 0 bridgehead atoms. The highest BCUT2D eigenvalue weighted by Crippen LogP contribution is 2.42. The van der Waals surface area contributed by atoms with Crippen LogP contribution in [0.25, 0.3) is 0 Å². The fourth-order valence-corrected chi connectivity index (χ4v) is 3.49. The van der Waals surface area contributed by atoms with Crippen LogP contribution in [0.4, 0.5) is 0 Å². The zero-order valence-corrected chi connectivity index (χ0v) is 13.3. The normalized spacial score (nSPS) is 17.4. The van der Waals surface area contributed by atoms with Gasteiger partial charge in [0.25, 0.3) is 0 Å². The predicted octanol–water partition coefficient (Wildman–Crippen LogP) is 5.13. The van der Waals surface area contributed by atoms with Crippen molar-refractivity contribution < 1.29 is 4.79 Å². The van der Waals surface area contributed by atoms with Gasteiger partial charge in [0.1, 0.15) is 0 Å². The number of rotatable bonds is 3. The molecule has 1 aliphatic carbocycles. The van der Waals surface area contributed by atoms with Crippen molar-refractivity contribution in [3.05, 3.63) is 83.4 Å². The highest BCUT2D eigenvalue weighted by molar-refractivity contribution is 5.92. The van der Waals surface area contributed by atoms with Crippen molar-refractivity contribution in [1.82, 2.24) is 0 Å². The second kappa shape index (κ2) is 5.92. The van der Waals surface area contributed by atoms with E-state index >= 15 is 0 Å². The zero-order valence-electron chi connectivity index (χ0n) is 13.3. The molecule has 2 aromatic rings. The minimum atomic E-state index is 0.0446. The van der Waals surface area contributed by atoms with Crippen molar-refractivity contribution in [3.63, 3.8) is 0 Å². The topological polar surface area (TPSA) is 17.1 Å². The predicted molar refractivity (Wildman–Crippen MR) is 90.8 cm³/mol. The second-order valence-electron chi connectivity index (χ2n) is 6.96. The Kier molecular flexibility index (Phi) is 3.98. The Labute approximate surface area is 132 Å². The lowest BCUT2D eigenvalue weighted by molar-refractivity contribution is -0.117. The molecular formula is C21H22O. The first-order valence-corrected chi connectivity index (χ1v) is 7.88. The molecule has 0 fully saturated rings. The molecule has 0 heterocycles. The Balaban J connectivity index is 2.09. The van der Waals surface area contributed by atoms with Crippen molar-refractivity contribution in [1.29, 1.82) is 0 Å². The summed E-state index contributed by atoms with van der Waals surface area (Å²) in [6.07, 6.45) is 3.50. The number of allylic oxidation sites excluding steroid dienone is 2. The molecule has 0 saturated carbocycles. The van der Waals surface area contributed by atoms with Crippen LogP contribution in [-0.4, -0.2) is 5.78 Å². The molecule has 112 valence electrons. The molecule has 0 aromatic heterocycles. The van der Waals surface area contributed by atoms with Crippen molar-refractivity contribution >= 4 is 5.78 Å². The third-order valence-corrected chi connectivity index (χ3v) is 4.32. The number of benzene rings is 2. The van der Waals surface area contributed by atoms with E-state index in [1.807, 2.05) is 18.2 Å². The van der Waals surface area contributed by atoms with E-state index in [1.54, 1.807) is 0 Å². The summed E-state index contributed by atoms with van der Waals surface area (Å²) in [5.74, 6) is 0.425. The van der Waals surface area contributed by atoms with Crippen LogP contribution in [0, 0.1) is 5.41 Å². The molecule has 0 spiro atoms. The van der Waals surface area contributed by atoms with E-state index in [0.29, 0.717) is 6.42 Å². The summed E-state index contributed by atoms with van der Waals surface area (Å²) in [5.41, 5.74) is 3.79. The number of hydrogen-bond donors (Lipinski definition) is 0. The molecule has 0 saturated heterocycles. The van der Waals surface area contributed by atoms with E-state index < -0.39 is 0 Å². The van der Waals surface area contributed by atoms with Gasteiger partial charge in [-0.2, -0.15) is 0 Å². The van der Waals surface area contributed by atoms with E-state index in [0.717, 1.165) is 6.42 Å². The lowest BCUT2D eigenvalue weighted by Gasteiger charge is -2.33. The van der Waals surface area contributed by atoms with E-state index in [-0.39, 0.29) is 17.1 Å². The molecule has 1 nitrogen and oxygen atoms in total. The molecule has 0 aliphatic heterocycles. The zero-order chi connectivity index (χ0) is 15.6. The molecule has 1 heteroatoms. The van der Waals surface area contributed by atoms with Gasteiger partial charge in [0.05, 0.1) is 0 Å². The van der Waals surface area contributed by atoms with Crippen molar-refractivity contribution in [3.8, 4) is 0 Å². The van der Waals surface area contributed by atoms with Gasteiger partial charge in [-0.05, 0) is 29.0 Å². The summed E-state index contributed by atoms with van der Waals surface area (Å²) in [6.45, 7) is 4.37. The van der Waals surface area contributed by atoms with Crippen LogP contribution in [0.5, 0.6) is 0 Å². The average Bonchev–Trinajstić information content (AvgIpc) is 2.48. The number of ketones is 1. The summed E-state index contributed by atoms with van der Waals surface area (Å²) in [5, 5.41) is 0. The first-order valence-electron chi connectivity index (χ1n) is 7.88. The van der Waals surface area contributed by atoms with Gasteiger partial charge in [-0.3, -0.25) is 4.79 Å². The number of carbonyl (C=O) groups excluding carboxylic acids is 1. The first kappa shape index (κ1) is 14.8. The van der Waals surface area contributed by atoms with Gasteiger partial charge >= 0.3 is 0 Å². The number of hydrogen-bond acceptors (Lipinski definition) is 1. The van der Waals surface area contributed by atoms with Gasteiger partial charge in [0.15, 0.2) is 5.78 Å². The minimum Gasteiger partial charge on any atom is -0.295 e. The third kappa shape index (κ3) is 3.19. The Morgan fingerprint density at radius 3 is 1.77 bits per heavy atom. The Bertz CT molecular complexity index is 641. The van der Waals surface area contributed by atoms with Gasteiger partial charge in [-0.25, -0.2) is 0 Å². The van der Waals surface area contributed by atoms with Crippen LogP contribution in [-0.2, 0) is 4.79 Å². The van der Waals surface area contributed by atoms with Crippen molar-refractivity contribution in [2.24, 2.45) is 5.41 Å². The van der Waals surface area contributed by atoms with E-state index in [1.165, 1.54) is 16.7 Å². The molecule has 0 amide bonds. The van der Waals surface area contributed by atoms with E-state index in [9.17, 15) is 4.79 Å². The average molecular weight is 290 g/mol. The van der Waals surface area contributed by atoms with E-state index in [2.05, 4.69) is 62.4 Å². The highest BCUT2D eigenvalue weighted by atomic mass is 16.1. The molecule has 0 unspecified atom stereocenters. The van der Waals surface area contributed by atoms with Gasteiger partial charge < -0.3 is 0 Å². The Hall–Kier alpha value is -2.15. The van der Waals surface area contributed by atoms with Gasteiger partial charge in [-0.15, -0.1) is 0 Å². The van der Waals surface area contributed by atoms with Crippen molar-refractivity contribution in [2.75, 3.05) is 0 Å². The van der Waals surface area contributed by atoms with Gasteiger partial charge in [0, 0.05) is 12.3 Å². The molecule has 0 atom stereocenters. The molecule has 3 rings (SSSR count). The smallest absolute Gasteiger partial charge is 0.156 e. The fourth-order valence-electron chi connectivity index (χ4n) is 3.49. The molecule has 0 N–H and O–H groups in total. The molecular weight excluding hydrogens is 268 g/mol. The minimum absolute atomic E-state index is 0.0446. The van der Waals surface area contributed by atoms with Crippen LogP contribution in [0.3, 0.4) is 0 Å². The quantitative estimate of drug-likeness (QED) is 0.765.